The lowest BCUT2D eigenvalue weighted by Crippen LogP contribution is -2.34. The van der Waals surface area contributed by atoms with E-state index in [9.17, 15) is 19.7 Å². The van der Waals surface area contributed by atoms with Crippen LogP contribution in [0.3, 0.4) is 0 Å². The average Bonchev–Trinajstić information content (AvgIpc) is 3.34. The summed E-state index contributed by atoms with van der Waals surface area (Å²) >= 11 is 2.12. The van der Waals surface area contributed by atoms with Crippen LogP contribution in [0.1, 0.15) is 26.9 Å². The highest BCUT2D eigenvalue weighted by Gasteiger charge is 2.15. The SMILES string of the molecule is O=C(NCCNC(=O)c1nc(Cn2cc(I)cn2)no1)c1ccc([N+](=O)[O-])cc1. The van der Waals surface area contributed by atoms with E-state index < -0.39 is 16.7 Å². The van der Waals surface area contributed by atoms with E-state index in [1.165, 1.54) is 24.3 Å². The van der Waals surface area contributed by atoms with Crippen LogP contribution in [0.2, 0.25) is 0 Å². The van der Waals surface area contributed by atoms with Gasteiger partial charge in [-0.1, -0.05) is 5.16 Å². The van der Waals surface area contributed by atoms with Gasteiger partial charge in [0.25, 0.3) is 11.6 Å². The molecule has 2 amide bonds. The number of nitro benzene ring substituents is 1. The van der Waals surface area contributed by atoms with Crippen LogP contribution in [-0.2, 0) is 6.54 Å². The van der Waals surface area contributed by atoms with Crippen molar-refractivity contribution in [2.24, 2.45) is 0 Å². The topological polar surface area (TPSA) is 158 Å². The molecular formula is C16H14IN7O5. The van der Waals surface area contributed by atoms with E-state index in [1.54, 1.807) is 17.1 Å². The van der Waals surface area contributed by atoms with E-state index in [-0.39, 0.29) is 36.8 Å². The van der Waals surface area contributed by atoms with Crippen molar-refractivity contribution in [3.05, 3.63) is 67.6 Å². The zero-order chi connectivity index (χ0) is 20.8. The van der Waals surface area contributed by atoms with Crippen molar-refractivity contribution >= 4 is 40.1 Å². The second kappa shape index (κ2) is 9.22. The third kappa shape index (κ3) is 5.56. The second-order valence-corrected chi connectivity index (χ2v) is 6.93. The average molecular weight is 511 g/mol. The van der Waals surface area contributed by atoms with Gasteiger partial charge in [-0.15, -0.1) is 0 Å². The molecule has 0 radical (unpaired) electrons. The molecule has 0 spiro atoms. The lowest BCUT2D eigenvalue weighted by Gasteiger charge is -2.05. The largest absolute Gasteiger partial charge is 0.350 e. The van der Waals surface area contributed by atoms with E-state index in [1.807, 2.05) is 0 Å². The second-order valence-electron chi connectivity index (χ2n) is 5.69. The number of aromatic nitrogens is 4. The van der Waals surface area contributed by atoms with Gasteiger partial charge >= 0.3 is 11.8 Å². The Morgan fingerprint density at radius 1 is 1.17 bits per heavy atom. The van der Waals surface area contributed by atoms with Gasteiger partial charge in [-0.25, -0.2) is 0 Å². The molecule has 0 saturated heterocycles. The summed E-state index contributed by atoms with van der Waals surface area (Å²) in [7, 11) is 0. The molecule has 0 aliphatic rings. The molecule has 12 nitrogen and oxygen atoms in total. The zero-order valence-electron chi connectivity index (χ0n) is 14.7. The van der Waals surface area contributed by atoms with Crippen molar-refractivity contribution in [1.29, 1.82) is 0 Å². The third-order valence-electron chi connectivity index (χ3n) is 3.60. The van der Waals surface area contributed by atoms with Gasteiger partial charge in [-0.2, -0.15) is 10.1 Å². The van der Waals surface area contributed by atoms with Crippen molar-refractivity contribution in [1.82, 2.24) is 30.6 Å². The Balaban J connectivity index is 1.42. The number of nitrogens with zero attached hydrogens (tertiary/aromatic N) is 5. The van der Waals surface area contributed by atoms with Crippen LogP contribution < -0.4 is 10.6 Å². The number of hydrogen-bond acceptors (Lipinski definition) is 8. The van der Waals surface area contributed by atoms with Crippen molar-refractivity contribution in [2.45, 2.75) is 6.54 Å². The Morgan fingerprint density at radius 3 is 2.48 bits per heavy atom. The van der Waals surface area contributed by atoms with Crippen molar-refractivity contribution in [2.75, 3.05) is 13.1 Å². The van der Waals surface area contributed by atoms with Gasteiger partial charge in [0.2, 0.25) is 0 Å². The standard InChI is InChI=1S/C16H14IN7O5/c17-11-7-20-23(8-11)9-13-21-16(29-22-13)15(26)19-6-5-18-14(25)10-1-3-12(4-2-10)24(27)28/h1-4,7-8H,5-6,9H2,(H,18,25)(H,19,26). The zero-order valence-corrected chi connectivity index (χ0v) is 16.9. The van der Waals surface area contributed by atoms with Gasteiger partial charge in [0.05, 0.1) is 14.7 Å². The first-order valence-corrected chi connectivity index (χ1v) is 9.31. The quantitative estimate of drug-likeness (QED) is 0.196. The maximum Gasteiger partial charge on any atom is 0.316 e. The van der Waals surface area contributed by atoms with E-state index in [4.69, 9.17) is 4.52 Å². The molecule has 0 atom stereocenters. The van der Waals surface area contributed by atoms with Crippen molar-refractivity contribution in [3.63, 3.8) is 0 Å². The predicted octanol–water partition coefficient (Wildman–Crippen LogP) is 0.987. The maximum atomic E-state index is 12.0. The molecule has 1 aromatic carbocycles. The first kappa shape index (κ1) is 20.4. The summed E-state index contributed by atoms with van der Waals surface area (Å²) < 4.78 is 7.50. The minimum Gasteiger partial charge on any atom is -0.350 e. The summed E-state index contributed by atoms with van der Waals surface area (Å²) in [5.41, 5.74) is 0.173. The van der Waals surface area contributed by atoms with Crippen LogP contribution in [0.4, 0.5) is 5.69 Å². The number of amides is 2. The molecule has 0 aliphatic heterocycles. The minimum atomic E-state index is -0.566. The number of carbonyl (C=O) groups is 2. The minimum absolute atomic E-state index is 0.102. The van der Waals surface area contributed by atoms with E-state index in [0.717, 1.165) is 3.57 Å². The lowest BCUT2D eigenvalue weighted by atomic mass is 10.2. The molecule has 2 N–H and O–H groups in total. The molecule has 13 heteroatoms. The normalized spacial score (nSPS) is 10.5. The van der Waals surface area contributed by atoms with Crippen molar-refractivity contribution < 1.29 is 19.0 Å². The van der Waals surface area contributed by atoms with Crippen LogP contribution in [0, 0.1) is 13.7 Å². The summed E-state index contributed by atoms with van der Waals surface area (Å²) in [6, 6.07) is 5.20. The Morgan fingerprint density at radius 2 is 1.86 bits per heavy atom. The van der Waals surface area contributed by atoms with Crippen LogP contribution in [0.5, 0.6) is 0 Å². The van der Waals surface area contributed by atoms with E-state index >= 15 is 0 Å². The summed E-state index contributed by atoms with van der Waals surface area (Å²) in [5, 5.41) is 23.6. The van der Waals surface area contributed by atoms with Crippen LogP contribution in [0.15, 0.2) is 41.2 Å². The molecular weight excluding hydrogens is 497 g/mol. The Labute approximate surface area is 177 Å². The summed E-state index contributed by atoms with van der Waals surface area (Å²) in [6.07, 6.45) is 3.48. The lowest BCUT2D eigenvalue weighted by molar-refractivity contribution is -0.384. The molecule has 2 aromatic heterocycles. The Bertz CT molecular complexity index is 1030. The number of nitro groups is 1. The molecule has 150 valence electrons. The number of benzene rings is 1. The van der Waals surface area contributed by atoms with Crippen LogP contribution in [0.25, 0.3) is 0 Å². The Kier molecular flexibility index (Phi) is 6.48. The highest BCUT2D eigenvalue weighted by Crippen LogP contribution is 2.11. The predicted molar refractivity (Wildman–Crippen MR) is 106 cm³/mol. The highest BCUT2D eigenvalue weighted by molar-refractivity contribution is 14.1. The van der Waals surface area contributed by atoms with Gasteiger partial charge in [0, 0.05) is 37.0 Å². The molecule has 0 bridgehead atoms. The fourth-order valence-electron chi connectivity index (χ4n) is 2.24. The first-order chi connectivity index (χ1) is 13.9. The molecule has 0 fully saturated rings. The van der Waals surface area contributed by atoms with E-state index in [2.05, 4.69) is 48.5 Å². The molecule has 0 unspecified atom stereocenters. The van der Waals surface area contributed by atoms with Gasteiger partial charge in [0.15, 0.2) is 5.82 Å². The third-order valence-corrected chi connectivity index (χ3v) is 4.16. The van der Waals surface area contributed by atoms with Crippen LogP contribution in [-0.4, -0.2) is 49.7 Å². The van der Waals surface area contributed by atoms with Gasteiger partial charge < -0.3 is 15.2 Å². The Hall–Kier alpha value is -3.36. The smallest absolute Gasteiger partial charge is 0.316 e. The number of rotatable bonds is 8. The van der Waals surface area contributed by atoms with Gasteiger partial charge in [0.1, 0.15) is 6.54 Å². The number of halogens is 1. The first-order valence-electron chi connectivity index (χ1n) is 8.24. The summed E-state index contributed by atoms with van der Waals surface area (Å²) in [6.45, 7) is 0.548. The number of nitrogens with one attached hydrogen (secondary N) is 2. The van der Waals surface area contributed by atoms with Gasteiger partial charge in [-0.05, 0) is 34.7 Å². The van der Waals surface area contributed by atoms with Gasteiger partial charge in [-0.3, -0.25) is 24.4 Å². The van der Waals surface area contributed by atoms with E-state index in [0.29, 0.717) is 5.82 Å². The number of hydrogen-bond donors (Lipinski definition) is 2. The number of non-ortho nitro benzene ring substituents is 1. The van der Waals surface area contributed by atoms with Crippen molar-refractivity contribution in [3.8, 4) is 0 Å². The molecule has 0 saturated carbocycles. The molecule has 2 heterocycles. The molecule has 3 aromatic rings. The molecule has 3 rings (SSSR count). The fourth-order valence-corrected chi connectivity index (χ4v) is 2.69. The molecule has 29 heavy (non-hydrogen) atoms. The summed E-state index contributed by atoms with van der Waals surface area (Å²) in [4.78, 5) is 38.1. The monoisotopic (exact) mass is 511 g/mol. The van der Waals surface area contributed by atoms with Crippen LogP contribution >= 0.6 is 22.6 Å². The maximum absolute atomic E-state index is 12.0. The molecule has 0 aliphatic carbocycles. The highest BCUT2D eigenvalue weighted by atomic mass is 127. The summed E-state index contributed by atoms with van der Waals surface area (Å²) in [5.74, 6) is -0.865. The number of carbonyl (C=O) groups excluding carboxylic acids is 2. The fraction of sp³-hybridized carbons (Fsp3) is 0.188.